The first-order valence-electron chi connectivity index (χ1n) is 11.0. The smallest absolute Gasteiger partial charge is 0.333 e. The van der Waals surface area contributed by atoms with Crippen molar-refractivity contribution in [2.24, 2.45) is 0 Å². The fourth-order valence-corrected chi connectivity index (χ4v) is 4.04. The van der Waals surface area contributed by atoms with E-state index in [9.17, 15) is 31.9 Å². The molecule has 3 atom stereocenters. The number of alkyl halides is 3. The molecule has 2 aromatic rings. The van der Waals surface area contributed by atoms with Crippen LogP contribution in [0.3, 0.4) is 0 Å². The molecular formula is C24H26F4N4O3. The van der Waals surface area contributed by atoms with E-state index in [2.05, 4.69) is 5.32 Å². The zero-order chi connectivity index (χ0) is 25.9. The van der Waals surface area contributed by atoms with E-state index in [0.717, 1.165) is 12.8 Å². The van der Waals surface area contributed by atoms with Gasteiger partial charge in [0.1, 0.15) is 5.82 Å². The molecule has 3 rings (SSSR count). The van der Waals surface area contributed by atoms with Crippen LogP contribution in [0.4, 0.5) is 22.4 Å². The second-order valence-electron chi connectivity index (χ2n) is 8.61. The van der Waals surface area contributed by atoms with Gasteiger partial charge in [0.05, 0.1) is 11.6 Å². The lowest BCUT2D eigenvalue weighted by atomic mass is 10.1. The summed E-state index contributed by atoms with van der Waals surface area (Å²) in [7, 11) is 0. The standard InChI is InChI=1S/C24H26F4N4O3/c1-13-4-5-14(2)32(13)22(34)17-8-6-16(7-9-17)15(3)29-23(35)31-30-21(33)18-10-19(24(26,27)28)12-20(25)11-18/h6-15H,4-5H2,1-3H3,(H,30,33)(H2,29,31,35)/t13?,14?,15-/m1/s1. The predicted octanol–water partition coefficient (Wildman–Crippen LogP) is 4.56. The Kier molecular flexibility index (Phi) is 7.67. The highest BCUT2D eigenvalue weighted by atomic mass is 19.4. The molecule has 1 aliphatic heterocycles. The highest BCUT2D eigenvalue weighted by Gasteiger charge is 2.33. The Hall–Kier alpha value is -3.63. The van der Waals surface area contributed by atoms with Gasteiger partial charge in [-0.15, -0.1) is 0 Å². The molecule has 1 aliphatic rings. The van der Waals surface area contributed by atoms with Gasteiger partial charge in [-0.05, 0) is 69.5 Å². The molecule has 4 amide bonds. The van der Waals surface area contributed by atoms with Crippen LogP contribution in [0.2, 0.25) is 0 Å². The minimum atomic E-state index is -4.83. The second-order valence-corrected chi connectivity index (χ2v) is 8.61. The summed E-state index contributed by atoms with van der Waals surface area (Å²) in [6, 6.07) is 7.11. The molecule has 0 bridgehead atoms. The maximum atomic E-state index is 13.5. The number of hydrazine groups is 1. The molecule has 188 valence electrons. The number of likely N-dealkylation sites (tertiary alicyclic amines) is 1. The number of halogens is 4. The molecule has 2 aromatic carbocycles. The van der Waals surface area contributed by atoms with Gasteiger partial charge in [-0.2, -0.15) is 13.2 Å². The fourth-order valence-electron chi connectivity index (χ4n) is 4.04. The SMILES string of the molecule is CC1CCC(C)N1C(=O)c1ccc([C@@H](C)NC(=O)NNC(=O)c2cc(F)cc(C(F)(F)F)c2)cc1. The molecule has 0 aromatic heterocycles. The largest absolute Gasteiger partial charge is 0.416 e. The monoisotopic (exact) mass is 494 g/mol. The molecular weight excluding hydrogens is 468 g/mol. The van der Waals surface area contributed by atoms with Gasteiger partial charge in [0.2, 0.25) is 0 Å². The van der Waals surface area contributed by atoms with E-state index in [-0.39, 0.29) is 24.1 Å². The van der Waals surface area contributed by atoms with E-state index in [1.807, 2.05) is 29.6 Å². The molecule has 0 aliphatic carbocycles. The minimum Gasteiger partial charge on any atom is -0.333 e. The number of nitrogens with zero attached hydrogens (tertiary/aromatic N) is 1. The topological polar surface area (TPSA) is 90.5 Å². The van der Waals surface area contributed by atoms with Crippen LogP contribution < -0.4 is 16.2 Å². The summed E-state index contributed by atoms with van der Waals surface area (Å²) in [4.78, 5) is 38.9. The van der Waals surface area contributed by atoms with Crippen molar-refractivity contribution in [3.63, 3.8) is 0 Å². The predicted molar refractivity (Wildman–Crippen MR) is 120 cm³/mol. The third kappa shape index (κ3) is 6.28. The summed E-state index contributed by atoms with van der Waals surface area (Å²) in [6.45, 7) is 5.70. The van der Waals surface area contributed by atoms with Crippen molar-refractivity contribution in [1.29, 1.82) is 0 Å². The average Bonchev–Trinajstić information content (AvgIpc) is 3.13. The number of nitrogens with one attached hydrogen (secondary N) is 3. The first-order chi connectivity index (χ1) is 16.4. The first-order valence-corrected chi connectivity index (χ1v) is 11.0. The van der Waals surface area contributed by atoms with Crippen molar-refractivity contribution >= 4 is 17.8 Å². The van der Waals surface area contributed by atoms with Crippen LogP contribution >= 0.6 is 0 Å². The van der Waals surface area contributed by atoms with Gasteiger partial charge in [0.25, 0.3) is 11.8 Å². The Morgan fingerprint density at radius 2 is 1.54 bits per heavy atom. The Labute approximate surface area is 199 Å². The van der Waals surface area contributed by atoms with Gasteiger partial charge in [0.15, 0.2) is 0 Å². The van der Waals surface area contributed by atoms with E-state index in [0.29, 0.717) is 23.3 Å². The summed E-state index contributed by atoms with van der Waals surface area (Å²) in [5.74, 6) is -2.41. The Bertz CT molecular complexity index is 1090. The van der Waals surface area contributed by atoms with Crippen molar-refractivity contribution < 1.29 is 31.9 Å². The van der Waals surface area contributed by atoms with E-state index in [1.54, 1.807) is 31.2 Å². The van der Waals surface area contributed by atoms with Gasteiger partial charge in [-0.25, -0.2) is 14.6 Å². The third-order valence-corrected chi connectivity index (χ3v) is 5.97. The number of amides is 4. The highest BCUT2D eigenvalue weighted by Crippen LogP contribution is 2.30. The van der Waals surface area contributed by atoms with Crippen LogP contribution in [0.1, 0.15) is 71.5 Å². The van der Waals surface area contributed by atoms with Crippen molar-refractivity contribution in [3.8, 4) is 0 Å². The summed E-state index contributed by atoms with van der Waals surface area (Å²) < 4.78 is 51.9. The van der Waals surface area contributed by atoms with E-state index >= 15 is 0 Å². The van der Waals surface area contributed by atoms with Crippen molar-refractivity contribution in [2.45, 2.75) is 57.9 Å². The van der Waals surface area contributed by atoms with Crippen LogP contribution in [0.15, 0.2) is 42.5 Å². The summed E-state index contributed by atoms with van der Waals surface area (Å²) in [5, 5.41) is 2.55. The molecule has 0 spiro atoms. The normalized spacial score (nSPS) is 18.7. The third-order valence-electron chi connectivity index (χ3n) is 5.97. The van der Waals surface area contributed by atoms with E-state index < -0.39 is 41.1 Å². The zero-order valence-corrected chi connectivity index (χ0v) is 19.4. The van der Waals surface area contributed by atoms with Crippen LogP contribution in [0.25, 0.3) is 0 Å². The van der Waals surface area contributed by atoms with Gasteiger partial charge >= 0.3 is 12.2 Å². The lowest BCUT2D eigenvalue weighted by Crippen LogP contribution is -2.47. The average molecular weight is 494 g/mol. The lowest BCUT2D eigenvalue weighted by Gasteiger charge is -2.26. The number of carbonyl (C=O) groups excluding carboxylic acids is 3. The van der Waals surface area contributed by atoms with Crippen LogP contribution in [-0.2, 0) is 6.18 Å². The Balaban J connectivity index is 1.55. The summed E-state index contributed by atoms with van der Waals surface area (Å²) in [5.41, 5.74) is 3.25. The van der Waals surface area contributed by atoms with Crippen LogP contribution in [0, 0.1) is 5.82 Å². The number of hydrogen-bond donors (Lipinski definition) is 3. The molecule has 1 saturated heterocycles. The van der Waals surface area contributed by atoms with Gasteiger partial charge in [0, 0.05) is 23.2 Å². The van der Waals surface area contributed by atoms with Gasteiger partial charge in [-0.1, -0.05) is 12.1 Å². The fraction of sp³-hybridized carbons (Fsp3) is 0.375. The summed E-state index contributed by atoms with van der Waals surface area (Å²) >= 11 is 0. The number of benzene rings is 2. The molecule has 7 nitrogen and oxygen atoms in total. The highest BCUT2D eigenvalue weighted by molar-refractivity contribution is 5.96. The van der Waals surface area contributed by atoms with Crippen molar-refractivity contribution in [1.82, 2.24) is 21.1 Å². The molecule has 0 radical (unpaired) electrons. The molecule has 3 N–H and O–H groups in total. The summed E-state index contributed by atoms with van der Waals surface area (Å²) in [6.07, 6.45) is -2.91. The van der Waals surface area contributed by atoms with E-state index in [4.69, 9.17) is 0 Å². The quantitative estimate of drug-likeness (QED) is 0.430. The number of carbonyl (C=O) groups is 3. The minimum absolute atomic E-state index is 0.0545. The molecule has 0 saturated carbocycles. The second kappa shape index (κ2) is 10.3. The lowest BCUT2D eigenvalue weighted by molar-refractivity contribution is -0.137. The van der Waals surface area contributed by atoms with Crippen LogP contribution in [0.5, 0.6) is 0 Å². The number of rotatable bonds is 4. The van der Waals surface area contributed by atoms with Crippen molar-refractivity contribution in [2.75, 3.05) is 0 Å². The van der Waals surface area contributed by atoms with Crippen molar-refractivity contribution in [3.05, 3.63) is 70.5 Å². The first kappa shape index (κ1) is 26.0. The number of urea groups is 1. The Morgan fingerprint density at radius 3 is 2.11 bits per heavy atom. The molecule has 35 heavy (non-hydrogen) atoms. The zero-order valence-electron chi connectivity index (χ0n) is 19.4. The van der Waals surface area contributed by atoms with Crippen LogP contribution in [-0.4, -0.2) is 34.8 Å². The molecule has 1 heterocycles. The number of hydrogen-bond acceptors (Lipinski definition) is 3. The molecule has 2 unspecified atom stereocenters. The maximum absolute atomic E-state index is 13.5. The van der Waals surface area contributed by atoms with Gasteiger partial charge < -0.3 is 10.2 Å². The molecule has 11 heteroatoms. The maximum Gasteiger partial charge on any atom is 0.416 e. The Morgan fingerprint density at radius 1 is 0.943 bits per heavy atom. The van der Waals surface area contributed by atoms with E-state index in [1.165, 1.54) is 0 Å². The molecule has 1 fully saturated rings. The van der Waals surface area contributed by atoms with Gasteiger partial charge in [-0.3, -0.25) is 15.0 Å².